The zero-order valence-corrected chi connectivity index (χ0v) is 30.7. The van der Waals surface area contributed by atoms with Crippen LogP contribution in [0.15, 0.2) is 12.2 Å². The van der Waals surface area contributed by atoms with Gasteiger partial charge in [0.2, 0.25) is 5.91 Å². The summed E-state index contributed by atoms with van der Waals surface area (Å²) >= 11 is 0. The summed E-state index contributed by atoms with van der Waals surface area (Å²) in [4.78, 5) is 12.9. The van der Waals surface area contributed by atoms with E-state index < -0.39 is 78.5 Å². The normalized spacial score (nSPS) is 23.5. The number of rotatable bonds is 30. The standard InChI is InChI=1S/C35H67NO12S/c1-3-5-7-9-11-13-14-15-16-18-19-21-23-28(38)27(36-34(42)29(39)24-22-20-17-12-10-8-6-4-2)26-46-35-32(41)33(48-49(43,44)45)31(40)30(25-37)47-35/h17,20,27-33,35,37-41H,3-16,18-19,21-26H2,1-2H3,(H,36,42)(H,43,44,45)/b20-17-. The highest BCUT2D eigenvalue weighted by atomic mass is 32.3. The lowest BCUT2D eigenvalue weighted by Gasteiger charge is -2.41. The van der Waals surface area contributed by atoms with Gasteiger partial charge in [-0.1, -0.05) is 122 Å². The topological polar surface area (TPSA) is 212 Å². The predicted molar refractivity (Wildman–Crippen MR) is 187 cm³/mol. The highest BCUT2D eigenvalue weighted by Gasteiger charge is 2.48. The molecule has 0 aromatic carbocycles. The number of nitrogens with one attached hydrogen (secondary N) is 1. The maximum Gasteiger partial charge on any atom is 0.397 e. The number of aliphatic hydroxyl groups is 5. The third-order valence-electron chi connectivity index (χ3n) is 8.94. The van der Waals surface area contributed by atoms with Crippen molar-refractivity contribution in [2.75, 3.05) is 13.2 Å². The second-order valence-corrected chi connectivity index (χ2v) is 14.4. The van der Waals surface area contributed by atoms with E-state index in [-0.39, 0.29) is 6.42 Å². The van der Waals surface area contributed by atoms with Gasteiger partial charge in [-0.25, -0.2) is 4.18 Å². The molecule has 1 aliphatic rings. The van der Waals surface area contributed by atoms with Crippen molar-refractivity contribution in [3.63, 3.8) is 0 Å². The molecule has 0 aromatic rings. The maximum atomic E-state index is 12.9. The van der Waals surface area contributed by atoms with Crippen LogP contribution in [0.3, 0.4) is 0 Å². The number of unbranched alkanes of at least 4 members (excludes halogenated alkanes) is 15. The molecular weight excluding hydrogens is 658 g/mol. The molecule has 1 amide bonds. The summed E-state index contributed by atoms with van der Waals surface area (Å²) in [5.41, 5.74) is 0. The first-order valence-corrected chi connectivity index (χ1v) is 20.0. The van der Waals surface area contributed by atoms with Crippen molar-refractivity contribution >= 4 is 16.3 Å². The van der Waals surface area contributed by atoms with Gasteiger partial charge in [-0.2, -0.15) is 8.42 Å². The molecule has 1 aliphatic heterocycles. The lowest BCUT2D eigenvalue weighted by molar-refractivity contribution is -0.298. The van der Waals surface area contributed by atoms with Gasteiger partial charge in [-0.15, -0.1) is 0 Å². The first kappa shape index (κ1) is 45.8. The first-order chi connectivity index (χ1) is 23.4. The molecule has 0 saturated carbocycles. The molecule has 0 spiro atoms. The summed E-state index contributed by atoms with van der Waals surface area (Å²) in [5, 5.41) is 54.7. The molecule has 0 aromatic heterocycles. The number of carbonyl (C=O) groups is 1. The lowest BCUT2D eigenvalue weighted by atomic mass is 9.99. The van der Waals surface area contributed by atoms with E-state index in [2.05, 4.69) is 23.3 Å². The highest BCUT2D eigenvalue weighted by Crippen LogP contribution is 2.26. The Morgan fingerprint density at radius 2 is 1.33 bits per heavy atom. The number of allylic oxidation sites excluding steroid dienone is 2. The monoisotopic (exact) mass is 725 g/mol. The van der Waals surface area contributed by atoms with Crippen LogP contribution in [0, 0.1) is 0 Å². The molecule has 1 fully saturated rings. The zero-order valence-electron chi connectivity index (χ0n) is 29.9. The average Bonchev–Trinajstić information content (AvgIpc) is 3.06. The summed E-state index contributed by atoms with van der Waals surface area (Å²) < 4.78 is 47.2. The highest BCUT2D eigenvalue weighted by molar-refractivity contribution is 7.80. The zero-order chi connectivity index (χ0) is 36.5. The molecule has 14 heteroatoms. The third-order valence-corrected chi connectivity index (χ3v) is 9.41. The van der Waals surface area contributed by atoms with Crippen LogP contribution in [-0.2, 0) is 28.9 Å². The van der Waals surface area contributed by atoms with Crippen molar-refractivity contribution in [1.82, 2.24) is 5.32 Å². The minimum Gasteiger partial charge on any atom is -0.394 e. The molecule has 290 valence electrons. The van der Waals surface area contributed by atoms with E-state index in [0.29, 0.717) is 19.3 Å². The lowest BCUT2D eigenvalue weighted by Crippen LogP contribution is -2.61. The number of hydrogen-bond acceptors (Lipinski definition) is 11. The minimum absolute atomic E-state index is 0.175. The Balaban J connectivity index is 2.72. The van der Waals surface area contributed by atoms with E-state index in [0.717, 1.165) is 44.9 Å². The van der Waals surface area contributed by atoms with E-state index in [1.54, 1.807) is 0 Å². The Morgan fingerprint density at radius 1 is 0.796 bits per heavy atom. The van der Waals surface area contributed by atoms with Crippen molar-refractivity contribution in [1.29, 1.82) is 0 Å². The maximum absolute atomic E-state index is 12.9. The predicted octanol–water partition coefficient (Wildman–Crippen LogP) is 4.23. The number of ether oxygens (including phenoxy) is 2. The van der Waals surface area contributed by atoms with Crippen LogP contribution in [0.25, 0.3) is 0 Å². The molecule has 0 radical (unpaired) electrons. The van der Waals surface area contributed by atoms with E-state index in [4.69, 9.17) is 14.0 Å². The van der Waals surface area contributed by atoms with Crippen LogP contribution in [0.4, 0.5) is 0 Å². The van der Waals surface area contributed by atoms with Gasteiger partial charge in [-0.3, -0.25) is 9.35 Å². The largest absolute Gasteiger partial charge is 0.397 e. The molecule has 1 saturated heterocycles. The quantitative estimate of drug-likeness (QED) is 0.0315. The van der Waals surface area contributed by atoms with Crippen LogP contribution in [0.5, 0.6) is 0 Å². The SMILES string of the molecule is CCCCCC/C=C\CCC(O)C(=O)NC(COC1OC(CO)C(O)C(OS(=O)(=O)O)C1O)C(O)CCCCCCCCCCCCCC. The number of hydrogen-bond donors (Lipinski definition) is 7. The van der Waals surface area contributed by atoms with Crippen LogP contribution < -0.4 is 5.32 Å². The first-order valence-electron chi connectivity index (χ1n) is 18.7. The molecule has 0 bridgehead atoms. The van der Waals surface area contributed by atoms with E-state index in [1.165, 1.54) is 57.8 Å². The Hall–Kier alpha value is -1.20. The molecule has 0 aliphatic carbocycles. The van der Waals surface area contributed by atoms with Crippen LogP contribution in [-0.4, -0.2) is 107 Å². The Morgan fingerprint density at radius 3 is 1.88 bits per heavy atom. The Kier molecular flexibility index (Phi) is 25.7. The smallest absolute Gasteiger partial charge is 0.394 e. The van der Waals surface area contributed by atoms with Crippen molar-refractivity contribution in [3.05, 3.63) is 12.2 Å². The molecule has 49 heavy (non-hydrogen) atoms. The fraction of sp³-hybridized carbons (Fsp3) is 0.914. The third kappa shape index (κ3) is 21.0. The number of amides is 1. The molecular formula is C35H67NO12S. The molecule has 13 nitrogen and oxygen atoms in total. The van der Waals surface area contributed by atoms with Gasteiger partial charge in [0.15, 0.2) is 6.29 Å². The summed E-state index contributed by atoms with van der Waals surface area (Å²) in [7, 11) is -5.10. The average molecular weight is 726 g/mol. The van der Waals surface area contributed by atoms with Crippen molar-refractivity contribution in [3.8, 4) is 0 Å². The Bertz CT molecular complexity index is 968. The fourth-order valence-corrected chi connectivity index (χ4v) is 6.39. The molecule has 7 N–H and O–H groups in total. The Labute approximate surface area is 294 Å². The van der Waals surface area contributed by atoms with Gasteiger partial charge in [-0.05, 0) is 32.1 Å². The summed E-state index contributed by atoms with van der Waals surface area (Å²) in [6.07, 6.45) is 13.1. The molecule has 8 atom stereocenters. The molecule has 1 rings (SSSR count). The van der Waals surface area contributed by atoms with Crippen molar-refractivity contribution in [2.24, 2.45) is 0 Å². The summed E-state index contributed by atoms with van der Waals surface area (Å²) in [5.74, 6) is -0.708. The molecule has 8 unspecified atom stereocenters. The van der Waals surface area contributed by atoms with Crippen LogP contribution in [0.1, 0.15) is 142 Å². The van der Waals surface area contributed by atoms with E-state index in [1.807, 2.05) is 12.2 Å². The van der Waals surface area contributed by atoms with Gasteiger partial charge >= 0.3 is 10.4 Å². The van der Waals surface area contributed by atoms with Crippen LogP contribution in [0.2, 0.25) is 0 Å². The number of carbonyl (C=O) groups excluding carboxylic acids is 1. The summed E-state index contributed by atoms with van der Waals surface area (Å²) in [6.45, 7) is 3.15. The van der Waals surface area contributed by atoms with E-state index in [9.17, 15) is 38.7 Å². The van der Waals surface area contributed by atoms with Gasteiger partial charge in [0.25, 0.3) is 0 Å². The van der Waals surface area contributed by atoms with Gasteiger partial charge < -0.3 is 40.3 Å². The van der Waals surface area contributed by atoms with E-state index >= 15 is 0 Å². The van der Waals surface area contributed by atoms with Gasteiger partial charge in [0, 0.05) is 0 Å². The minimum atomic E-state index is -5.10. The van der Waals surface area contributed by atoms with Gasteiger partial charge in [0.05, 0.1) is 25.4 Å². The second kappa shape index (κ2) is 27.5. The fourth-order valence-electron chi connectivity index (χ4n) is 5.88. The van der Waals surface area contributed by atoms with Gasteiger partial charge in [0.1, 0.15) is 30.5 Å². The summed E-state index contributed by atoms with van der Waals surface area (Å²) in [6, 6.07) is -1.04. The van der Waals surface area contributed by atoms with Crippen LogP contribution >= 0.6 is 0 Å². The van der Waals surface area contributed by atoms with Crippen molar-refractivity contribution in [2.45, 2.75) is 191 Å². The van der Waals surface area contributed by atoms with Crippen molar-refractivity contribution < 1.29 is 57.0 Å². The second-order valence-electron chi connectivity index (χ2n) is 13.3. The number of aliphatic hydroxyl groups excluding tert-OH is 5. The molecule has 1 heterocycles.